The third-order valence-electron chi connectivity index (χ3n) is 6.39. The van der Waals surface area contributed by atoms with Crippen molar-refractivity contribution in [3.63, 3.8) is 0 Å². The van der Waals surface area contributed by atoms with E-state index in [9.17, 15) is 31.9 Å². The Bertz CT molecular complexity index is 983. The molecule has 2 aromatic carbocycles. The standard InChI is InChI=1S/C24H24F5NO4/c25-23(26,27)24(28,29)34-20-11-9-17(10-12-20)22(32)13-18-7-4-8-19(14-22)30(18)21(31)33-15-16-5-2-1-3-6-16/h1-3,5-6,9-12,18-19,32H,4,7-8,13-15H2. The van der Waals surface area contributed by atoms with Crippen molar-refractivity contribution in [2.45, 2.75) is 68.7 Å². The van der Waals surface area contributed by atoms with Crippen molar-refractivity contribution < 1.29 is 41.3 Å². The highest BCUT2D eigenvalue weighted by Gasteiger charge is 2.61. The summed E-state index contributed by atoms with van der Waals surface area (Å²) in [5.41, 5.74) is -0.144. The molecule has 184 valence electrons. The fraction of sp³-hybridized carbons (Fsp3) is 0.458. The molecular weight excluding hydrogens is 461 g/mol. The molecule has 10 heteroatoms. The summed E-state index contributed by atoms with van der Waals surface area (Å²) < 4.78 is 72.7. The van der Waals surface area contributed by atoms with Gasteiger partial charge in [-0.25, -0.2) is 4.79 Å². The molecule has 0 aliphatic carbocycles. The van der Waals surface area contributed by atoms with Gasteiger partial charge < -0.3 is 19.5 Å². The second-order valence-electron chi connectivity index (χ2n) is 8.77. The molecule has 2 atom stereocenters. The van der Waals surface area contributed by atoms with Crippen molar-refractivity contribution in [3.05, 3.63) is 65.7 Å². The highest BCUT2D eigenvalue weighted by molar-refractivity contribution is 5.69. The van der Waals surface area contributed by atoms with Gasteiger partial charge in [-0.15, -0.1) is 0 Å². The van der Waals surface area contributed by atoms with Crippen LogP contribution in [-0.2, 0) is 16.9 Å². The molecule has 2 bridgehead atoms. The number of aliphatic hydroxyl groups is 1. The number of nitrogens with zero attached hydrogens (tertiary/aromatic N) is 1. The van der Waals surface area contributed by atoms with Crippen LogP contribution in [0.2, 0.25) is 0 Å². The van der Waals surface area contributed by atoms with E-state index in [0.717, 1.165) is 24.1 Å². The quantitative estimate of drug-likeness (QED) is 0.547. The number of hydrogen-bond donors (Lipinski definition) is 1. The maximum absolute atomic E-state index is 13.1. The summed E-state index contributed by atoms with van der Waals surface area (Å²) in [7, 11) is 0. The summed E-state index contributed by atoms with van der Waals surface area (Å²) in [6, 6.07) is 13.2. The van der Waals surface area contributed by atoms with Crippen molar-refractivity contribution >= 4 is 6.09 Å². The van der Waals surface area contributed by atoms with Crippen LogP contribution in [0.15, 0.2) is 54.6 Å². The second kappa shape index (κ2) is 9.05. The summed E-state index contributed by atoms with van der Waals surface area (Å²) in [6.45, 7) is 0.129. The van der Waals surface area contributed by atoms with Gasteiger partial charge in [-0.05, 0) is 42.5 Å². The lowest BCUT2D eigenvalue weighted by atomic mass is 9.72. The Labute approximate surface area is 193 Å². The zero-order valence-electron chi connectivity index (χ0n) is 18.1. The first kappa shape index (κ1) is 24.3. The molecule has 0 aromatic heterocycles. The van der Waals surface area contributed by atoms with Gasteiger partial charge in [-0.2, -0.15) is 22.0 Å². The van der Waals surface area contributed by atoms with E-state index in [-0.39, 0.29) is 31.5 Å². The summed E-state index contributed by atoms with van der Waals surface area (Å²) >= 11 is 0. The van der Waals surface area contributed by atoms with Crippen LogP contribution < -0.4 is 4.74 Å². The van der Waals surface area contributed by atoms with E-state index in [1.165, 1.54) is 12.1 Å². The zero-order chi connectivity index (χ0) is 24.6. The van der Waals surface area contributed by atoms with Crippen molar-refractivity contribution in [1.29, 1.82) is 0 Å². The number of amides is 1. The van der Waals surface area contributed by atoms with E-state index in [4.69, 9.17) is 4.74 Å². The lowest BCUT2D eigenvalue weighted by molar-refractivity contribution is -0.360. The van der Waals surface area contributed by atoms with Gasteiger partial charge in [0, 0.05) is 24.9 Å². The predicted octanol–water partition coefficient (Wildman–Crippen LogP) is 5.76. The lowest BCUT2D eigenvalue weighted by Crippen LogP contribution is -2.58. The number of ether oxygens (including phenoxy) is 2. The number of halogens is 5. The Morgan fingerprint density at radius 2 is 1.56 bits per heavy atom. The maximum atomic E-state index is 13.1. The molecule has 0 radical (unpaired) electrons. The van der Waals surface area contributed by atoms with Crippen LogP contribution in [0.3, 0.4) is 0 Å². The Kier molecular flexibility index (Phi) is 6.46. The molecule has 1 amide bonds. The molecule has 2 unspecified atom stereocenters. The molecule has 2 aliphatic rings. The van der Waals surface area contributed by atoms with Gasteiger partial charge in [0.15, 0.2) is 0 Å². The van der Waals surface area contributed by atoms with E-state index in [1.807, 2.05) is 30.3 Å². The number of hydrogen-bond acceptors (Lipinski definition) is 4. The molecule has 2 aromatic rings. The summed E-state index contributed by atoms with van der Waals surface area (Å²) in [6.07, 6.45) is -9.02. The Hall–Kier alpha value is -2.88. The number of piperidine rings is 2. The average molecular weight is 485 g/mol. The predicted molar refractivity (Wildman–Crippen MR) is 111 cm³/mol. The molecule has 1 N–H and O–H groups in total. The van der Waals surface area contributed by atoms with Crippen LogP contribution in [0.5, 0.6) is 5.75 Å². The van der Waals surface area contributed by atoms with Crippen LogP contribution >= 0.6 is 0 Å². The van der Waals surface area contributed by atoms with E-state index < -0.39 is 29.7 Å². The number of fused-ring (bicyclic) bond motifs is 2. The molecule has 2 aliphatic heterocycles. The fourth-order valence-electron chi connectivity index (χ4n) is 4.80. The molecule has 34 heavy (non-hydrogen) atoms. The first-order valence-electron chi connectivity index (χ1n) is 10.9. The van der Waals surface area contributed by atoms with E-state index >= 15 is 0 Å². The van der Waals surface area contributed by atoms with Crippen LogP contribution in [0.4, 0.5) is 26.7 Å². The van der Waals surface area contributed by atoms with Crippen LogP contribution in [-0.4, -0.2) is 40.5 Å². The van der Waals surface area contributed by atoms with Gasteiger partial charge in [-0.3, -0.25) is 0 Å². The Morgan fingerprint density at radius 3 is 2.12 bits per heavy atom. The van der Waals surface area contributed by atoms with Gasteiger partial charge >= 0.3 is 18.4 Å². The third kappa shape index (κ3) is 4.96. The van der Waals surface area contributed by atoms with E-state index in [2.05, 4.69) is 4.74 Å². The highest BCUT2D eigenvalue weighted by Crippen LogP contribution is 2.45. The number of carbonyl (C=O) groups is 1. The van der Waals surface area contributed by atoms with Crippen LogP contribution in [0, 0.1) is 0 Å². The smallest absolute Gasteiger partial charge is 0.445 e. The molecule has 4 rings (SSSR count). The minimum Gasteiger partial charge on any atom is -0.445 e. The van der Waals surface area contributed by atoms with Crippen LogP contribution in [0.25, 0.3) is 0 Å². The highest BCUT2D eigenvalue weighted by atomic mass is 19.4. The molecular formula is C24H24F5NO4. The molecule has 2 saturated heterocycles. The Morgan fingerprint density at radius 1 is 0.971 bits per heavy atom. The monoisotopic (exact) mass is 485 g/mol. The van der Waals surface area contributed by atoms with Crippen molar-refractivity contribution in [2.24, 2.45) is 0 Å². The third-order valence-corrected chi connectivity index (χ3v) is 6.39. The van der Waals surface area contributed by atoms with Crippen LogP contribution in [0.1, 0.15) is 43.2 Å². The van der Waals surface area contributed by atoms with E-state index in [1.54, 1.807) is 4.90 Å². The first-order valence-corrected chi connectivity index (χ1v) is 10.9. The van der Waals surface area contributed by atoms with Gasteiger partial charge in [-0.1, -0.05) is 42.5 Å². The normalized spacial score (nSPS) is 25.1. The topological polar surface area (TPSA) is 59.0 Å². The zero-order valence-corrected chi connectivity index (χ0v) is 18.1. The van der Waals surface area contributed by atoms with E-state index in [0.29, 0.717) is 18.4 Å². The SMILES string of the molecule is O=C(OCc1ccccc1)N1C2CCCC1CC(O)(c1ccc(OC(F)(F)C(F)(F)F)cc1)C2. The minimum absolute atomic E-state index is 0.129. The van der Waals surface area contributed by atoms with Gasteiger partial charge in [0.1, 0.15) is 12.4 Å². The fourth-order valence-corrected chi connectivity index (χ4v) is 4.80. The molecule has 2 fully saturated rings. The molecule has 2 heterocycles. The maximum Gasteiger partial charge on any atom is 0.499 e. The first-order chi connectivity index (χ1) is 16.0. The summed E-state index contributed by atoms with van der Waals surface area (Å²) in [5.74, 6) is -0.670. The summed E-state index contributed by atoms with van der Waals surface area (Å²) in [5, 5.41) is 11.4. The van der Waals surface area contributed by atoms with Crippen molar-refractivity contribution in [2.75, 3.05) is 0 Å². The summed E-state index contributed by atoms with van der Waals surface area (Å²) in [4.78, 5) is 14.5. The van der Waals surface area contributed by atoms with Gasteiger partial charge in [0.05, 0.1) is 5.60 Å². The second-order valence-corrected chi connectivity index (χ2v) is 8.77. The molecule has 5 nitrogen and oxygen atoms in total. The minimum atomic E-state index is -5.84. The number of benzene rings is 2. The molecule has 0 saturated carbocycles. The van der Waals surface area contributed by atoms with Crippen molar-refractivity contribution in [3.8, 4) is 5.75 Å². The number of carbonyl (C=O) groups excluding carboxylic acids is 1. The number of rotatable bonds is 5. The number of alkyl halides is 5. The van der Waals surface area contributed by atoms with Gasteiger partial charge in [0.2, 0.25) is 0 Å². The van der Waals surface area contributed by atoms with Crippen molar-refractivity contribution in [1.82, 2.24) is 4.90 Å². The Balaban J connectivity index is 1.44. The molecule has 0 spiro atoms. The largest absolute Gasteiger partial charge is 0.499 e. The van der Waals surface area contributed by atoms with Gasteiger partial charge in [0.25, 0.3) is 0 Å². The lowest BCUT2D eigenvalue weighted by Gasteiger charge is -2.51. The average Bonchev–Trinajstić information content (AvgIpc) is 2.77.